The SMILES string of the molecule is C[S@](=O)c1ccccc1C(=O)OCC(=O)Nc1ccccc1S(C)(=O)=O. The molecule has 0 aliphatic heterocycles. The molecule has 0 bridgehead atoms. The van der Waals surface area contributed by atoms with E-state index in [0.717, 1.165) is 6.26 Å². The third kappa shape index (κ3) is 4.99. The summed E-state index contributed by atoms with van der Waals surface area (Å²) >= 11 is 0. The van der Waals surface area contributed by atoms with Crippen molar-refractivity contribution in [3.8, 4) is 0 Å². The van der Waals surface area contributed by atoms with Crippen molar-refractivity contribution in [2.75, 3.05) is 24.4 Å². The van der Waals surface area contributed by atoms with Gasteiger partial charge in [0, 0.05) is 12.5 Å². The van der Waals surface area contributed by atoms with Gasteiger partial charge in [0.05, 0.1) is 31.8 Å². The summed E-state index contributed by atoms with van der Waals surface area (Å²) in [6.07, 6.45) is 2.46. The van der Waals surface area contributed by atoms with Crippen molar-refractivity contribution in [1.82, 2.24) is 0 Å². The fourth-order valence-electron chi connectivity index (χ4n) is 2.17. The molecule has 1 N–H and O–H groups in total. The van der Waals surface area contributed by atoms with Gasteiger partial charge in [0.15, 0.2) is 16.4 Å². The highest BCUT2D eigenvalue weighted by Crippen LogP contribution is 2.20. The molecule has 1 amide bonds. The lowest BCUT2D eigenvalue weighted by Crippen LogP contribution is -2.22. The Morgan fingerprint density at radius 2 is 1.69 bits per heavy atom. The molecule has 0 aliphatic carbocycles. The minimum absolute atomic E-state index is 0.0357. The van der Waals surface area contributed by atoms with E-state index in [1.54, 1.807) is 18.2 Å². The highest BCUT2D eigenvalue weighted by atomic mass is 32.2. The molecule has 9 heteroatoms. The summed E-state index contributed by atoms with van der Waals surface area (Å²) in [6, 6.07) is 12.1. The molecule has 26 heavy (non-hydrogen) atoms. The standard InChI is InChI=1S/C17H17NO6S2/c1-25(21)14-9-5-3-7-12(14)17(20)24-11-16(19)18-13-8-4-6-10-15(13)26(2,22)23/h3-10H,11H2,1-2H3,(H,18,19)/t25-/m0/s1. The van der Waals surface area contributed by atoms with Gasteiger partial charge in [-0.05, 0) is 24.3 Å². The minimum Gasteiger partial charge on any atom is -0.452 e. The maximum atomic E-state index is 12.1. The zero-order chi connectivity index (χ0) is 19.3. The van der Waals surface area contributed by atoms with Crippen LogP contribution in [0.1, 0.15) is 10.4 Å². The highest BCUT2D eigenvalue weighted by molar-refractivity contribution is 7.90. The van der Waals surface area contributed by atoms with Crippen LogP contribution in [0.5, 0.6) is 0 Å². The molecule has 2 rings (SSSR count). The maximum Gasteiger partial charge on any atom is 0.339 e. The van der Waals surface area contributed by atoms with E-state index in [1.807, 2.05) is 0 Å². The molecule has 0 heterocycles. The number of hydrogen-bond acceptors (Lipinski definition) is 6. The first kappa shape index (κ1) is 19.8. The van der Waals surface area contributed by atoms with Crippen molar-refractivity contribution < 1.29 is 27.0 Å². The number of esters is 1. The average molecular weight is 395 g/mol. The van der Waals surface area contributed by atoms with Crippen LogP contribution >= 0.6 is 0 Å². The van der Waals surface area contributed by atoms with Gasteiger partial charge in [-0.3, -0.25) is 9.00 Å². The predicted octanol–water partition coefficient (Wildman–Crippen LogP) is 1.62. The van der Waals surface area contributed by atoms with Gasteiger partial charge in [-0.1, -0.05) is 24.3 Å². The summed E-state index contributed by atoms with van der Waals surface area (Å²) in [7, 11) is -4.91. The number of ether oxygens (including phenoxy) is 1. The summed E-state index contributed by atoms with van der Waals surface area (Å²) in [4.78, 5) is 24.4. The van der Waals surface area contributed by atoms with E-state index in [2.05, 4.69) is 5.32 Å². The van der Waals surface area contributed by atoms with Crippen LogP contribution in [0.4, 0.5) is 5.69 Å². The minimum atomic E-state index is -3.52. The summed E-state index contributed by atoms with van der Waals surface area (Å²) in [5.74, 6) is -1.48. The summed E-state index contributed by atoms with van der Waals surface area (Å²) in [5.41, 5.74) is 0.212. The first-order chi connectivity index (χ1) is 12.2. The molecule has 0 saturated carbocycles. The van der Waals surface area contributed by atoms with Gasteiger partial charge < -0.3 is 10.1 Å². The molecule has 0 aliphatic rings. The number of hydrogen-bond donors (Lipinski definition) is 1. The van der Waals surface area contributed by atoms with E-state index in [1.165, 1.54) is 36.6 Å². The molecule has 0 saturated heterocycles. The molecule has 0 unspecified atom stereocenters. The van der Waals surface area contributed by atoms with Gasteiger partial charge in [-0.25, -0.2) is 13.2 Å². The van der Waals surface area contributed by atoms with Gasteiger partial charge in [-0.15, -0.1) is 0 Å². The van der Waals surface area contributed by atoms with Gasteiger partial charge in [0.25, 0.3) is 5.91 Å². The molecule has 7 nitrogen and oxygen atoms in total. The Hall–Kier alpha value is -2.52. The van der Waals surface area contributed by atoms with E-state index >= 15 is 0 Å². The summed E-state index contributed by atoms with van der Waals surface area (Å²) < 4.78 is 40.0. The average Bonchev–Trinajstić information content (AvgIpc) is 2.59. The van der Waals surface area contributed by atoms with Crippen molar-refractivity contribution in [3.05, 3.63) is 54.1 Å². The number of para-hydroxylation sites is 1. The summed E-state index contributed by atoms with van der Waals surface area (Å²) in [6.45, 7) is -0.610. The van der Waals surface area contributed by atoms with E-state index in [9.17, 15) is 22.2 Å². The number of anilines is 1. The van der Waals surface area contributed by atoms with E-state index in [4.69, 9.17) is 4.74 Å². The molecule has 0 aromatic heterocycles. The van der Waals surface area contributed by atoms with Crippen LogP contribution in [0.3, 0.4) is 0 Å². The highest BCUT2D eigenvalue weighted by Gasteiger charge is 2.18. The first-order valence-electron chi connectivity index (χ1n) is 7.38. The van der Waals surface area contributed by atoms with Crippen LogP contribution in [0.2, 0.25) is 0 Å². The number of rotatable bonds is 6. The van der Waals surface area contributed by atoms with Gasteiger partial charge in [0.1, 0.15) is 0 Å². The van der Waals surface area contributed by atoms with Gasteiger partial charge in [-0.2, -0.15) is 0 Å². The normalized spacial score (nSPS) is 12.2. The van der Waals surface area contributed by atoms with Crippen LogP contribution in [0.25, 0.3) is 0 Å². The fraction of sp³-hybridized carbons (Fsp3) is 0.176. The van der Waals surface area contributed by atoms with Crippen LogP contribution < -0.4 is 5.32 Å². The monoisotopic (exact) mass is 395 g/mol. The van der Waals surface area contributed by atoms with Crippen LogP contribution in [0, 0.1) is 0 Å². The van der Waals surface area contributed by atoms with Crippen molar-refractivity contribution >= 4 is 38.2 Å². The number of sulfone groups is 1. The van der Waals surface area contributed by atoms with Crippen LogP contribution in [-0.4, -0.2) is 43.6 Å². The molecular weight excluding hydrogens is 378 g/mol. The zero-order valence-electron chi connectivity index (χ0n) is 14.1. The largest absolute Gasteiger partial charge is 0.452 e. The second kappa shape index (κ2) is 8.24. The number of carbonyl (C=O) groups excluding carboxylic acids is 2. The molecule has 0 fully saturated rings. The Labute approximate surface area is 153 Å². The van der Waals surface area contributed by atoms with Crippen molar-refractivity contribution in [3.63, 3.8) is 0 Å². The Morgan fingerprint density at radius 1 is 1.08 bits per heavy atom. The Bertz CT molecular complexity index is 969. The fourth-order valence-corrected chi connectivity index (χ4v) is 3.75. The van der Waals surface area contributed by atoms with E-state index in [-0.39, 0.29) is 16.1 Å². The number of amides is 1. The summed E-state index contributed by atoms with van der Waals surface area (Å²) in [5, 5.41) is 2.41. The number of nitrogens with one attached hydrogen (secondary N) is 1. The lowest BCUT2D eigenvalue weighted by atomic mass is 10.2. The quantitative estimate of drug-likeness (QED) is 0.745. The second-order valence-corrected chi connectivity index (χ2v) is 8.68. The lowest BCUT2D eigenvalue weighted by Gasteiger charge is -2.11. The Kier molecular flexibility index (Phi) is 6.27. The predicted molar refractivity (Wildman–Crippen MR) is 97.2 cm³/mol. The van der Waals surface area contributed by atoms with Gasteiger partial charge >= 0.3 is 5.97 Å². The Balaban J connectivity index is 2.07. The third-order valence-corrected chi connectivity index (χ3v) is 5.44. The van der Waals surface area contributed by atoms with Crippen molar-refractivity contribution in [2.24, 2.45) is 0 Å². The molecule has 138 valence electrons. The topological polar surface area (TPSA) is 107 Å². The second-order valence-electron chi connectivity index (χ2n) is 5.34. The molecule has 2 aromatic rings. The van der Waals surface area contributed by atoms with Crippen molar-refractivity contribution in [2.45, 2.75) is 9.79 Å². The molecule has 0 radical (unpaired) electrons. The lowest BCUT2D eigenvalue weighted by molar-refractivity contribution is -0.119. The van der Waals surface area contributed by atoms with Crippen molar-refractivity contribution in [1.29, 1.82) is 0 Å². The zero-order valence-corrected chi connectivity index (χ0v) is 15.7. The number of benzene rings is 2. The molecule has 1 atom stereocenters. The van der Waals surface area contributed by atoms with Gasteiger partial charge in [0.2, 0.25) is 0 Å². The number of carbonyl (C=O) groups is 2. The molecule has 2 aromatic carbocycles. The third-order valence-electron chi connectivity index (χ3n) is 3.31. The molecular formula is C17H17NO6S2. The smallest absolute Gasteiger partial charge is 0.339 e. The van der Waals surface area contributed by atoms with E-state index in [0.29, 0.717) is 4.90 Å². The Morgan fingerprint density at radius 3 is 2.35 bits per heavy atom. The van der Waals surface area contributed by atoms with Crippen LogP contribution in [0.15, 0.2) is 58.3 Å². The van der Waals surface area contributed by atoms with E-state index < -0.39 is 39.1 Å². The molecule has 0 spiro atoms. The maximum absolute atomic E-state index is 12.1. The first-order valence-corrected chi connectivity index (χ1v) is 10.8. The van der Waals surface area contributed by atoms with Crippen LogP contribution in [-0.2, 0) is 30.2 Å².